The fourth-order valence-corrected chi connectivity index (χ4v) is 3.10. The van der Waals surface area contributed by atoms with Crippen LogP contribution in [0.5, 0.6) is 0 Å². The molecular formula is C27H37N3O4. The Labute approximate surface area is 203 Å². The van der Waals surface area contributed by atoms with Crippen LogP contribution >= 0.6 is 0 Å². The number of anilines is 1. The van der Waals surface area contributed by atoms with Crippen molar-refractivity contribution in [1.82, 2.24) is 9.55 Å². The predicted octanol–water partition coefficient (Wildman–Crippen LogP) is 7.00. The zero-order chi connectivity index (χ0) is 25.0. The van der Waals surface area contributed by atoms with Crippen molar-refractivity contribution in [2.75, 3.05) is 11.9 Å². The molecular weight excluding hydrogens is 430 g/mol. The largest absolute Gasteiger partial charge is 0.449 e. The maximum absolute atomic E-state index is 13.0. The number of unbranched alkanes of at least 4 members (excludes halogenated alkanes) is 5. The minimum Gasteiger partial charge on any atom is -0.449 e. The third-order valence-corrected chi connectivity index (χ3v) is 4.85. The number of hydrogen-bond acceptors (Lipinski definition) is 5. The molecule has 1 heterocycles. The van der Waals surface area contributed by atoms with Crippen LogP contribution in [0.2, 0.25) is 0 Å². The standard InChI is InChI=1S/C27H37N3O4/c1-6-8-10-11-12-13-14-21-15-17-22(18-16-21)23-20-28-24(29-25(31)33-19-9-7-2)30(23)26(32)34-27(3,4)5/h15-18,20H,6-12,19H2,1-5H3,(H,28,29,31). The van der Waals surface area contributed by atoms with Crippen molar-refractivity contribution in [3.8, 4) is 23.1 Å². The molecule has 0 radical (unpaired) electrons. The lowest BCUT2D eigenvalue weighted by molar-refractivity contribution is 0.0543. The maximum atomic E-state index is 13.0. The molecule has 0 fully saturated rings. The number of rotatable bonds is 9. The summed E-state index contributed by atoms with van der Waals surface area (Å²) in [7, 11) is 0. The van der Waals surface area contributed by atoms with Gasteiger partial charge in [0, 0.05) is 17.5 Å². The topological polar surface area (TPSA) is 82.5 Å². The molecule has 34 heavy (non-hydrogen) atoms. The van der Waals surface area contributed by atoms with Crippen molar-refractivity contribution in [2.45, 2.75) is 85.2 Å². The first kappa shape index (κ1) is 27.0. The number of imidazole rings is 1. The first-order valence-corrected chi connectivity index (χ1v) is 12.1. The minimum atomic E-state index is -0.714. The second kappa shape index (κ2) is 13.4. The van der Waals surface area contributed by atoms with E-state index in [4.69, 9.17) is 9.47 Å². The summed E-state index contributed by atoms with van der Waals surface area (Å²) in [6.45, 7) is 9.84. The maximum Gasteiger partial charge on any atom is 0.421 e. The van der Waals surface area contributed by atoms with Gasteiger partial charge in [-0.25, -0.2) is 19.1 Å². The minimum absolute atomic E-state index is 0.0432. The van der Waals surface area contributed by atoms with Crippen molar-refractivity contribution in [1.29, 1.82) is 0 Å². The Hall–Kier alpha value is -3.27. The number of ether oxygens (including phenoxy) is 2. The lowest BCUT2D eigenvalue weighted by Crippen LogP contribution is -2.29. The van der Waals surface area contributed by atoms with Crippen LogP contribution in [-0.2, 0) is 9.47 Å². The number of benzene rings is 1. The van der Waals surface area contributed by atoms with Gasteiger partial charge in [0.15, 0.2) is 0 Å². The average Bonchev–Trinajstić information content (AvgIpc) is 3.19. The van der Waals surface area contributed by atoms with E-state index in [-0.39, 0.29) is 5.95 Å². The van der Waals surface area contributed by atoms with E-state index in [1.165, 1.54) is 30.0 Å². The molecule has 0 unspecified atom stereocenters. The normalized spacial score (nSPS) is 10.9. The van der Waals surface area contributed by atoms with Crippen LogP contribution < -0.4 is 5.32 Å². The van der Waals surface area contributed by atoms with Crippen molar-refractivity contribution in [3.05, 3.63) is 36.0 Å². The first-order valence-electron chi connectivity index (χ1n) is 12.1. The van der Waals surface area contributed by atoms with Crippen LogP contribution in [-0.4, -0.2) is 33.9 Å². The molecule has 0 bridgehead atoms. The van der Waals surface area contributed by atoms with Gasteiger partial charge < -0.3 is 9.47 Å². The number of nitrogens with one attached hydrogen (secondary N) is 1. The smallest absolute Gasteiger partial charge is 0.421 e. The predicted molar refractivity (Wildman–Crippen MR) is 135 cm³/mol. The summed E-state index contributed by atoms with van der Waals surface area (Å²) in [5, 5.41) is 2.55. The van der Waals surface area contributed by atoms with Gasteiger partial charge in [0.1, 0.15) is 5.60 Å². The zero-order valence-electron chi connectivity index (χ0n) is 21.1. The van der Waals surface area contributed by atoms with Crippen LogP contribution in [0, 0.1) is 11.8 Å². The molecule has 2 aromatic rings. The van der Waals surface area contributed by atoms with Gasteiger partial charge in [-0.05, 0) is 45.7 Å². The van der Waals surface area contributed by atoms with Crippen molar-refractivity contribution in [2.24, 2.45) is 0 Å². The van der Waals surface area contributed by atoms with Gasteiger partial charge in [-0.2, -0.15) is 0 Å². The molecule has 1 N–H and O–H groups in total. The molecule has 1 amide bonds. The van der Waals surface area contributed by atoms with E-state index in [0.717, 1.165) is 36.8 Å². The highest BCUT2D eigenvalue weighted by Gasteiger charge is 2.25. The molecule has 2 rings (SSSR count). The molecule has 1 aromatic carbocycles. The molecule has 0 saturated carbocycles. The van der Waals surface area contributed by atoms with Crippen molar-refractivity contribution in [3.63, 3.8) is 0 Å². The van der Waals surface area contributed by atoms with Crippen molar-refractivity contribution >= 4 is 18.1 Å². The van der Waals surface area contributed by atoms with Gasteiger partial charge in [0.25, 0.3) is 0 Å². The summed E-state index contributed by atoms with van der Waals surface area (Å²) >= 11 is 0. The second-order valence-corrected chi connectivity index (χ2v) is 9.09. The Morgan fingerprint density at radius 2 is 1.74 bits per heavy atom. The second-order valence-electron chi connectivity index (χ2n) is 9.09. The molecule has 1 aromatic heterocycles. The highest BCUT2D eigenvalue weighted by Crippen LogP contribution is 2.25. The van der Waals surface area contributed by atoms with E-state index in [2.05, 4.69) is 29.1 Å². The fraction of sp³-hybridized carbons (Fsp3) is 0.519. The summed E-state index contributed by atoms with van der Waals surface area (Å²) in [5.41, 5.74) is 1.44. The zero-order valence-corrected chi connectivity index (χ0v) is 21.1. The number of carbonyl (C=O) groups excluding carboxylic acids is 2. The van der Waals surface area contributed by atoms with Gasteiger partial charge in [0.2, 0.25) is 5.95 Å². The molecule has 0 saturated heterocycles. The Morgan fingerprint density at radius 1 is 1.03 bits per heavy atom. The van der Waals surface area contributed by atoms with E-state index in [0.29, 0.717) is 12.3 Å². The third-order valence-electron chi connectivity index (χ3n) is 4.85. The van der Waals surface area contributed by atoms with Gasteiger partial charge in [-0.1, -0.05) is 63.5 Å². The number of nitrogens with zero attached hydrogens (tertiary/aromatic N) is 2. The van der Waals surface area contributed by atoms with E-state index in [9.17, 15) is 9.59 Å². The average molecular weight is 468 g/mol. The highest BCUT2D eigenvalue weighted by molar-refractivity contribution is 5.88. The summed E-state index contributed by atoms with van der Waals surface area (Å²) in [5.74, 6) is 6.45. The molecule has 0 atom stereocenters. The number of hydrogen-bond donors (Lipinski definition) is 1. The molecule has 0 aliphatic heterocycles. The molecule has 0 aliphatic carbocycles. The van der Waals surface area contributed by atoms with Crippen LogP contribution in [0.15, 0.2) is 30.5 Å². The van der Waals surface area contributed by atoms with Crippen LogP contribution in [0.4, 0.5) is 15.5 Å². The molecule has 7 heteroatoms. The van der Waals surface area contributed by atoms with Crippen molar-refractivity contribution < 1.29 is 19.1 Å². The van der Waals surface area contributed by atoms with E-state index < -0.39 is 17.8 Å². The van der Waals surface area contributed by atoms with Crippen LogP contribution in [0.1, 0.15) is 85.1 Å². The summed E-state index contributed by atoms with van der Waals surface area (Å²) in [6.07, 6.45) is 7.56. The molecule has 0 aliphatic rings. The fourth-order valence-electron chi connectivity index (χ4n) is 3.10. The monoisotopic (exact) mass is 467 g/mol. The number of carbonyl (C=O) groups is 2. The highest BCUT2D eigenvalue weighted by atomic mass is 16.6. The van der Waals surface area contributed by atoms with Crippen LogP contribution in [0.3, 0.4) is 0 Å². The van der Waals surface area contributed by atoms with Gasteiger partial charge in [-0.3, -0.25) is 5.32 Å². The summed E-state index contributed by atoms with van der Waals surface area (Å²) in [6, 6.07) is 7.57. The van der Waals surface area contributed by atoms with Gasteiger partial charge in [-0.15, -0.1) is 0 Å². The Bertz CT molecular complexity index is 992. The van der Waals surface area contributed by atoms with E-state index in [1.54, 1.807) is 20.8 Å². The first-order chi connectivity index (χ1) is 16.2. The number of aromatic nitrogens is 2. The van der Waals surface area contributed by atoms with Gasteiger partial charge >= 0.3 is 12.2 Å². The van der Waals surface area contributed by atoms with Gasteiger partial charge in [0.05, 0.1) is 18.5 Å². The quantitative estimate of drug-likeness (QED) is 0.317. The molecule has 184 valence electrons. The number of amides is 1. The summed E-state index contributed by atoms with van der Waals surface area (Å²) < 4.78 is 12.0. The lowest BCUT2D eigenvalue weighted by Gasteiger charge is -2.21. The Balaban J connectivity index is 2.23. The SMILES string of the molecule is CCCCCCC#Cc1ccc(-c2cnc(NC(=O)OCCCC)n2C(=O)OC(C)(C)C)cc1. The Kier molecular flexibility index (Phi) is 10.7. The van der Waals surface area contributed by atoms with E-state index in [1.807, 2.05) is 31.2 Å². The molecule has 7 nitrogen and oxygen atoms in total. The van der Waals surface area contributed by atoms with E-state index >= 15 is 0 Å². The third kappa shape index (κ3) is 8.93. The van der Waals surface area contributed by atoms with Crippen LogP contribution in [0.25, 0.3) is 11.3 Å². The lowest BCUT2D eigenvalue weighted by atomic mass is 10.1. The summed E-state index contributed by atoms with van der Waals surface area (Å²) in [4.78, 5) is 29.4. The Morgan fingerprint density at radius 3 is 2.38 bits per heavy atom. The molecule has 0 spiro atoms.